The van der Waals surface area contributed by atoms with E-state index in [1.54, 1.807) is 0 Å². The van der Waals surface area contributed by atoms with E-state index >= 15 is 0 Å². The summed E-state index contributed by atoms with van der Waals surface area (Å²) in [6.07, 6.45) is 16.2. The minimum atomic E-state index is -0.374. The van der Waals surface area contributed by atoms with Gasteiger partial charge < -0.3 is 4.42 Å². The molecule has 0 saturated heterocycles. The summed E-state index contributed by atoms with van der Waals surface area (Å²) in [5, 5.41) is 2.55. The summed E-state index contributed by atoms with van der Waals surface area (Å²) in [6, 6.07) is 54.2. The minimum Gasteiger partial charge on any atom is -0.465 e. The molecule has 0 radical (unpaired) electrons. The van der Waals surface area contributed by atoms with Crippen LogP contribution >= 0.6 is 0 Å². The van der Waals surface area contributed by atoms with Crippen LogP contribution in [0.2, 0.25) is 0 Å². The lowest BCUT2D eigenvalue weighted by Crippen LogP contribution is -2.28. The first kappa shape index (κ1) is 59.1. The monoisotopic (exact) mass is 1000 g/mol. The number of hydrogen-bond donors (Lipinski definition) is 0. The molecule has 0 atom stereocenters. The van der Waals surface area contributed by atoms with Gasteiger partial charge in [0.2, 0.25) is 0 Å². The molecule has 7 aromatic carbocycles. The van der Waals surface area contributed by atoms with Gasteiger partial charge in [0.25, 0.3) is 0 Å². The Kier molecular flexibility index (Phi) is 22.0. The maximum absolute atomic E-state index is 5.89. The molecule has 9 rings (SSSR count). The van der Waals surface area contributed by atoms with Crippen molar-refractivity contribution < 1.29 is 4.42 Å². The fourth-order valence-corrected chi connectivity index (χ4v) is 10.9. The van der Waals surface area contributed by atoms with Crippen LogP contribution in [-0.4, -0.2) is 0 Å². The molecule has 1 heteroatoms. The lowest BCUT2D eigenvalue weighted by atomic mass is 9.67. The van der Waals surface area contributed by atoms with Crippen molar-refractivity contribution in [3.63, 3.8) is 0 Å². The highest BCUT2D eigenvalue weighted by Crippen LogP contribution is 2.58. The standard InChI is InChI=1S/C31H26.C19H20.C16H24O.C7H8.C2H6/c1-5-25-22(4)20-29-30(26(25)6-2)27-18-17-21(3)19-28(27)31(29,23-13-9-7-10-14-23)24-15-11-8-12-16-24;1-5-15(6-2)17(7-3)19-14(4)12-13-16-10-8-9-11-18(16)19;1-7-10-14-12(6)17-15(9-3)16(14)13(8-2)11(4)5;1-7-5-3-2-4-6-7;1-2/h5-20H,1-2H2,3-4H3;5,7-13H,1,3,6H2,2,4H3;7-8,10-11H,9H2,1-6H3;2-6H,1H3;1-2H3/b;17-15-;10-7-,13-8-;;. The third kappa shape index (κ3) is 12.5. The van der Waals surface area contributed by atoms with E-state index in [9.17, 15) is 0 Å². The lowest BCUT2D eigenvalue weighted by molar-refractivity contribution is 0.487. The topological polar surface area (TPSA) is 13.1 Å². The number of hydrogen-bond acceptors (Lipinski definition) is 1. The van der Waals surface area contributed by atoms with Crippen LogP contribution in [0.1, 0.15) is 146 Å². The Bertz CT molecular complexity index is 3290. The van der Waals surface area contributed by atoms with Gasteiger partial charge in [0.05, 0.1) is 5.41 Å². The number of aryl methyl sites for hydroxylation is 6. The molecular formula is C75H84O. The molecule has 390 valence electrons. The van der Waals surface area contributed by atoms with E-state index in [4.69, 9.17) is 4.42 Å². The average Bonchev–Trinajstić information content (AvgIpc) is 3.96. The molecule has 0 aliphatic heterocycles. The number of benzene rings is 7. The van der Waals surface area contributed by atoms with Crippen LogP contribution in [0.15, 0.2) is 212 Å². The van der Waals surface area contributed by atoms with Crippen molar-refractivity contribution in [2.24, 2.45) is 5.92 Å². The van der Waals surface area contributed by atoms with Crippen molar-refractivity contribution in [3.05, 3.63) is 292 Å². The Morgan fingerprint density at radius 1 is 0.579 bits per heavy atom. The molecular weight excluding hydrogens is 917 g/mol. The molecule has 0 saturated carbocycles. The Hall–Kier alpha value is -7.74. The van der Waals surface area contributed by atoms with Crippen LogP contribution in [0.25, 0.3) is 51.3 Å². The van der Waals surface area contributed by atoms with Gasteiger partial charge in [0.1, 0.15) is 11.5 Å². The van der Waals surface area contributed by atoms with E-state index in [1.807, 2.05) is 70.2 Å². The Morgan fingerprint density at radius 3 is 1.64 bits per heavy atom. The molecule has 1 aromatic heterocycles. The van der Waals surface area contributed by atoms with Gasteiger partial charge in [-0.15, -0.1) is 0 Å². The molecule has 0 fully saturated rings. The van der Waals surface area contributed by atoms with Crippen LogP contribution in [0.4, 0.5) is 0 Å². The zero-order valence-corrected chi connectivity index (χ0v) is 48.2. The summed E-state index contributed by atoms with van der Waals surface area (Å²) in [5.74, 6) is 2.65. The smallest absolute Gasteiger partial charge is 0.112 e. The summed E-state index contributed by atoms with van der Waals surface area (Å²) >= 11 is 0. The highest BCUT2D eigenvalue weighted by Gasteiger charge is 2.47. The molecule has 1 aliphatic rings. The van der Waals surface area contributed by atoms with Crippen molar-refractivity contribution in [1.29, 1.82) is 0 Å². The summed E-state index contributed by atoms with van der Waals surface area (Å²) in [5.41, 5.74) is 22.5. The van der Waals surface area contributed by atoms with Gasteiger partial charge in [0, 0.05) is 17.5 Å². The van der Waals surface area contributed by atoms with Crippen molar-refractivity contribution in [2.75, 3.05) is 0 Å². The molecule has 0 bridgehead atoms. The summed E-state index contributed by atoms with van der Waals surface area (Å²) in [7, 11) is 0. The predicted octanol–water partition coefficient (Wildman–Crippen LogP) is 21.9. The molecule has 1 heterocycles. The second-order valence-electron chi connectivity index (χ2n) is 19.3. The Labute approximate surface area is 459 Å². The SMILES string of the molecule is C/C=C\c1c(C)oc(CC)c1/C(=C\C)C(C)C.C=C/C(CC)=C(\C=C)c1c(C)ccc2ccccc12.C=Cc1c(C)cc2c(c1C=C)-c1ccc(C)cc1C2(c1ccccc1)c1ccccc1.CC.Cc1ccccc1. The van der Waals surface area contributed by atoms with E-state index in [0.717, 1.165) is 29.9 Å². The molecule has 76 heavy (non-hydrogen) atoms. The summed E-state index contributed by atoms with van der Waals surface area (Å²) in [4.78, 5) is 0. The Morgan fingerprint density at radius 2 is 1.16 bits per heavy atom. The second-order valence-corrected chi connectivity index (χ2v) is 19.3. The number of furan rings is 1. The molecule has 1 nitrogen and oxygen atoms in total. The minimum absolute atomic E-state index is 0.374. The fourth-order valence-electron chi connectivity index (χ4n) is 10.9. The molecule has 0 amide bonds. The fraction of sp³-hybridized carbons (Fsp3) is 0.227. The summed E-state index contributed by atoms with van der Waals surface area (Å²) in [6.45, 7) is 43.8. The van der Waals surface area contributed by atoms with Crippen molar-refractivity contribution in [2.45, 2.75) is 108 Å². The van der Waals surface area contributed by atoms with Gasteiger partial charge in [0.15, 0.2) is 0 Å². The van der Waals surface area contributed by atoms with Gasteiger partial charge in [-0.05, 0) is 149 Å². The molecule has 0 unspecified atom stereocenters. The quantitative estimate of drug-likeness (QED) is 0.111. The normalized spacial score (nSPS) is 12.3. The summed E-state index contributed by atoms with van der Waals surface area (Å²) < 4.78 is 5.89. The third-order valence-corrected chi connectivity index (χ3v) is 14.3. The predicted molar refractivity (Wildman–Crippen MR) is 338 cm³/mol. The van der Waals surface area contributed by atoms with E-state index in [1.165, 1.54) is 105 Å². The first-order valence-electron chi connectivity index (χ1n) is 27.4. The van der Waals surface area contributed by atoms with Crippen molar-refractivity contribution in [3.8, 4) is 11.1 Å². The number of fused-ring (bicyclic) bond motifs is 4. The van der Waals surface area contributed by atoms with Crippen LogP contribution in [0.3, 0.4) is 0 Å². The molecule has 1 aliphatic carbocycles. The van der Waals surface area contributed by atoms with Gasteiger partial charge in [-0.2, -0.15) is 0 Å². The van der Waals surface area contributed by atoms with E-state index in [0.29, 0.717) is 5.92 Å². The highest BCUT2D eigenvalue weighted by molar-refractivity contribution is 5.99. The maximum atomic E-state index is 5.89. The largest absolute Gasteiger partial charge is 0.465 e. The van der Waals surface area contributed by atoms with Crippen LogP contribution in [0, 0.1) is 40.5 Å². The van der Waals surface area contributed by atoms with Crippen LogP contribution in [-0.2, 0) is 11.8 Å². The number of allylic oxidation sites excluding steroid dienone is 7. The van der Waals surface area contributed by atoms with Crippen molar-refractivity contribution >= 4 is 40.1 Å². The average molecular weight is 1000 g/mol. The number of rotatable bonds is 12. The molecule has 0 N–H and O–H groups in total. The molecule has 0 spiro atoms. The van der Waals surface area contributed by atoms with Gasteiger partial charge >= 0.3 is 0 Å². The van der Waals surface area contributed by atoms with Gasteiger partial charge in [-0.3, -0.25) is 0 Å². The Balaban J connectivity index is 0.000000204. The van der Waals surface area contributed by atoms with E-state index in [-0.39, 0.29) is 5.41 Å². The molecule has 8 aromatic rings. The lowest BCUT2D eigenvalue weighted by Gasteiger charge is -2.34. The van der Waals surface area contributed by atoms with Crippen LogP contribution in [0.5, 0.6) is 0 Å². The van der Waals surface area contributed by atoms with Gasteiger partial charge in [-0.25, -0.2) is 0 Å². The van der Waals surface area contributed by atoms with E-state index < -0.39 is 0 Å². The second kappa shape index (κ2) is 28.2. The zero-order valence-electron chi connectivity index (χ0n) is 48.2. The van der Waals surface area contributed by atoms with Gasteiger partial charge in [-0.1, -0.05) is 273 Å². The highest BCUT2D eigenvalue weighted by atomic mass is 16.3. The zero-order chi connectivity index (χ0) is 55.5. The first-order chi connectivity index (χ1) is 36.8. The first-order valence-corrected chi connectivity index (χ1v) is 27.4. The third-order valence-electron chi connectivity index (χ3n) is 14.3. The van der Waals surface area contributed by atoms with E-state index in [2.05, 4.69) is 240 Å². The van der Waals surface area contributed by atoms with Crippen LogP contribution < -0.4 is 0 Å². The maximum Gasteiger partial charge on any atom is 0.112 e. The van der Waals surface area contributed by atoms with Crippen molar-refractivity contribution in [1.82, 2.24) is 0 Å².